The molecule has 0 atom stereocenters. The molecule has 2 N–H and O–H groups in total. The summed E-state index contributed by atoms with van der Waals surface area (Å²) in [7, 11) is 1.61. The van der Waals surface area contributed by atoms with Crippen molar-refractivity contribution in [1.29, 1.82) is 0 Å². The van der Waals surface area contributed by atoms with Crippen LogP contribution in [0.1, 0.15) is 30.5 Å². The van der Waals surface area contributed by atoms with Crippen LogP contribution in [0.25, 0.3) is 11.2 Å². The van der Waals surface area contributed by atoms with Crippen LogP contribution in [0.3, 0.4) is 0 Å². The van der Waals surface area contributed by atoms with Crippen molar-refractivity contribution in [3.63, 3.8) is 0 Å². The molecule has 2 aromatic heterocycles. The maximum Gasteiger partial charge on any atom is 0.320 e. The Hall–Kier alpha value is -2.19. The molecule has 7 nitrogen and oxygen atoms in total. The van der Waals surface area contributed by atoms with Gasteiger partial charge in [-0.3, -0.25) is 4.57 Å². The van der Waals surface area contributed by atoms with Gasteiger partial charge in [-0.2, -0.15) is 9.97 Å². The molecule has 1 aromatic carbocycles. The van der Waals surface area contributed by atoms with E-state index in [9.17, 15) is 0 Å². The van der Waals surface area contributed by atoms with E-state index in [1.165, 1.54) is 16.7 Å². The number of methoxy groups -OCH3 is 1. The SMILES string of the molecule is CCc1ccc(Cn2c(Br)nc3c(N)nc(OCCOC)nc32)cc1CC. The van der Waals surface area contributed by atoms with Gasteiger partial charge in [0.25, 0.3) is 0 Å². The van der Waals surface area contributed by atoms with Gasteiger partial charge in [-0.05, 0) is 45.5 Å². The lowest BCUT2D eigenvalue weighted by Gasteiger charge is -2.11. The van der Waals surface area contributed by atoms with Crippen LogP contribution < -0.4 is 10.5 Å². The van der Waals surface area contributed by atoms with Crippen molar-refractivity contribution in [3.8, 4) is 6.01 Å². The number of halogens is 1. The summed E-state index contributed by atoms with van der Waals surface area (Å²) >= 11 is 3.52. The van der Waals surface area contributed by atoms with Crippen molar-refractivity contribution in [2.45, 2.75) is 33.2 Å². The van der Waals surface area contributed by atoms with Crippen molar-refractivity contribution in [2.75, 3.05) is 26.1 Å². The molecule has 3 rings (SSSR count). The van der Waals surface area contributed by atoms with Gasteiger partial charge in [0.2, 0.25) is 0 Å². The van der Waals surface area contributed by atoms with E-state index in [4.69, 9.17) is 15.2 Å². The number of anilines is 1. The third-order valence-electron chi connectivity index (χ3n) is 4.45. The smallest absolute Gasteiger partial charge is 0.320 e. The van der Waals surface area contributed by atoms with E-state index in [1.807, 2.05) is 4.57 Å². The van der Waals surface area contributed by atoms with Crippen LogP contribution in [0.5, 0.6) is 6.01 Å². The predicted molar refractivity (Wildman–Crippen MR) is 109 cm³/mol. The fourth-order valence-electron chi connectivity index (χ4n) is 3.03. The maximum atomic E-state index is 6.06. The monoisotopic (exact) mass is 433 g/mol. The van der Waals surface area contributed by atoms with Crippen LogP contribution in [-0.4, -0.2) is 39.8 Å². The molecule has 0 fully saturated rings. The van der Waals surface area contributed by atoms with Crippen LogP contribution >= 0.6 is 15.9 Å². The van der Waals surface area contributed by atoms with E-state index in [0.29, 0.717) is 41.5 Å². The molecular formula is C19H24BrN5O2. The highest BCUT2D eigenvalue weighted by Crippen LogP contribution is 2.26. The first kappa shape index (κ1) is 19.6. The van der Waals surface area contributed by atoms with Gasteiger partial charge < -0.3 is 15.2 Å². The molecule has 8 heteroatoms. The molecule has 0 saturated carbocycles. The Kier molecular flexibility index (Phi) is 6.28. The number of ether oxygens (including phenoxy) is 2. The number of aryl methyl sites for hydroxylation is 2. The highest BCUT2D eigenvalue weighted by Gasteiger charge is 2.16. The Morgan fingerprint density at radius 3 is 2.56 bits per heavy atom. The van der Waals surface area contributed by atoms with Gasteiger partial charge in [-0.15, -0.1) is 0 Å². The molecule has 0 aliphatic carbocycles. The topological polar surface area (TPSA) is 88.1 Å². The summed E-state index contributed by atoms with van der Waals surface area (Å²) in [5, 5.41) is 0. The maximum absolute atomic E-state index is 6.06. The van der Waals surface area contributed by atoms with Crippen LogP contribution in [0.15, 0.2) is 22.9 Å². The lowest BCUT2D eigenvalue weighted by Crippen LogP contribution is -2.09. The molecule has 0 aliphatic heterocycles. The first-order chi connectivity index (χ1) is 13.1. The molecular weight excluding hydrogens is 410 g/mol. The molecule has 3 aromatic rings. The Morgan fingerprint density at radius 1 is 1.07 bits per heavy atom. The molecule has 0 bridgehead atoms. The van der Waals surface area contributed by atoms with Crippen LogP contribution in [0.4, 0.5) is 5.82 Å². The Morgan fingerprint density at radius 2 is 1.85 bits per heavy atom. The quantitative estimate of drug-likeness (QED) is 0.432. The normalized spacial score (nSPS) is 11.3. The highest BCUT2D eigenvalue weighted by atomic mass is 79.9. The average molecular weight is 434 g/mol. The largest absolute Gasteiger partial charge is 0.461 e. The summed E-state index contributed by atoms with van der Waals surface area (Å²) in [4.78, 5) is 13.2. The third kappa shape index (κ3) is 4.22. The number of nitrogens with two attached hydrogens (primary N) is 1. The van der Waals surface area contributed by atoms with Crippen molar-refractivity contribution >= 4 is 32.9 Å². The standard InChI is InChI=1S/C19H24BrN5O2/c1-4-13-7-6-12(10-14(13)5-2)11-25-17-15(22-18(25)20)16(21)23-19(24-17)27-9-8-26-3/h6-7,10H,4-5,8-9,11H2,1-3H3,(H2,21,23,24). The van der Waals surface area contributed by atoms with Gasteiger partial charge >= 0.3 is 6.01 Å². The summed E-state index contributed by atoms with van der Waals surface area (Å²) in [5.74, 6) is 0.294. The number of imidazole rings is 1. The second kappa shape index (κ2) is 8.67. The highest BCUT2D eigenvalue weighted by molar-refractivity contribution is 9.10. The summed E-state index contributed by atoms with van der Waals surface area (Å²) in [5.41, 5.74) is 11.2. The van der Waals surface area contributed by atoms with Gasteiger partial charge in [-0.1, -0.05) is 32.0 Å². The average Bonchev–Trinajstić information content (AvgIpc) is 2.98. The van der Waals surface area contributed by atoms with E-state index in [1.54, 1.807) is 7.11 Å². The molecule has 0 radical (unpaired) electrons. The Balaban J connectivity index is 1.97. The molecule has 0 spiro atoms. The molecule has 0 aliphatic rings. The number of fused-ring (bicyclic) bond motifs is 1. The number of benzene rings is 1. The first-order valence-electron chi connectivity index (χ1n) is 8.99. The minimum absolute atomic E-state index is 0.223. The fraction of sp³-hybridized carbons (Fsp3) is 0.421. The molecule has 27 heavy (non-hydrogen) atoms. The molecule has 144 valence electrons. The van der Waals surface area contributed by atoms with Crippen molar-refractivity contribution in [3.05, 3.63) is 39.6 Å². The summed E-state index contributed by atoms with van der Waals surface area (Å²) in [6, 6.07) is 6.82. The van der Waals surface area contributed by atoms with E-state index < -0.39 is 0 Å². The van der Waals surface area contributed by atoms with E-state index in [0.717, 1.165) is 12.8 Å². The predicted octanol–water partition coefficient (Wildman–Crippen LogP) is 3.37. The lowest BCUT2D eigenvalue weighted by atomic mass is 10.00. The van der Waals surface area contributed by atoms with E-state index >= 15 is 0 Å². The van der Waals surface area contributed by atoms with Crippen molar-refractivity contribution < 1.29 is 9.47 Å². The van der Waals surface area contributed by atoms with Crippen molar-refractivity contribution in [2.24, 2.45) is 0 Å². The van der Waals surface area contributed by atoms with Crippen LogP contribution in [-0.2, 0) is 24.1 Å². The molecule has 0 unspecified atom stereocenters. The van der Waals surface area contributed by atoms with Gasteiger partial charge in [0.1, 0.15) is 6.61 Å². The van der Waals surface area contributed by atoms with Gasteiger partial charge in [-0.25, -0.2) is 4.98 Å². The third-order valence-corrected chi connectivity index (χ3v) is 5.05. The Bertz CT molecular complexity index is 941. The van der Waals surface area contributed by atoms with E-state index in [2.05, 4.69) is 62.9 Å². The van der Waals surface area contributed by atoms with Crippen molar-refractivity contribution in [1.82, 2.24) is 19.5 Å². The summed E-state index contributed by atoms with van der Waals surface area (Å²) in [6.07, 6.45) is 2.04. The second-order valence-corrected chi connectivity index (χ2v) is 6.89. The minimum atomic E-state index is 0.223. The molecule has 0 saturated heterocycles. The Labute approximate surface area is 167 Å². The fourth-order valence-corrected chi connectivity index (χ4v) is 3.50. The van der Waals surface area contributed by atoms with Gasteiger partial charge in [0.05, 0.1) is 13.2 Å². The number of nitrogens with zero attached hydrogens (tertiary/aromatic N) is 4. The number of aromatic nitrogens is 4. The zero-order valence-electron chi connectivity index (χ0n) is 15.8. The number of hydrogen-bond acceptors (Lipinski definition) is 6. The zero-order chi connectivity index (χ0) is 19.4. The van der Waals surface area contributed by atoms with Crippen LogP contribution in [0, 0.1) is 0 Å². The van der Waals surface area contributed by atoms with Gasteiger partial charge in [0.15, 0.2) is 21.7 Å². The van der Waals surface area contributed by atoms with Crippen LogP contribution in [0.2, 0.25) is 0 Å². The number of nitrogen functional groups attached to an aromatic ring is 1. The second-order valence-electron chi connectivity index (χ2n) is 6.18. The zero-order valence-corrected chi connectivity index (χ0v) is 17.4. The first-order valence-corrected chi connectivity index (χ1v) is 9.78. The number of hydrogen-bond donors (Lipinski definition) is 1. The number of rotatable bonds is 8. The molecule has 0 amide bonds. The molecule has 2 heterocycles. The summed E-state index contributed by atoms with van der Waals surface area (Å²) in [6.45, 7) is 5.79. The van der Waals surface area contributed by atoms with Gasteiger partial charge in [0, 0.05) is 7.11 Å². The summed E-state index contributed by atoms with van der Waals surface area (Å²) < 4.78 is 13.2. The minimum Gasteiger partial charge on any atom is -0.461 e. The lowest BCUT2D eigenvalue weighted by molar-refractivity contribution is 0.141. The van der Waals surface area contributed by atoms with E-state index in [-0.39, 0.29) is 6.01 Å².